The summed E-state index contributed by atoms with van der Waals surface area (Å²) in [7, 11) is 0. The van der Waals surface area contributed by atoms with E-state index in [0.717, 1.165) is 30.4 Å². The molecule has 2 aromatic rings. The molecule has 2 rings (SSSR count). The molecule has 0 aliphatic carbocycles. The van der Waals surface area contributed by atoms with E-state index >= 15 is 0 Å². The van der Waals surface area contributed by atoms with Crippen molar-refractivity contribution >= 4 is 40.5 Å². The van der Waals surface area contributed by atoms with E-state index in [1.807, 2.05) is 25.1 Å². The quantitative estimate of drug-likeness (QED) is 0.678. The fraction of sp³-hybridized carbons (Fsp3) is 0.300. The van der Waals surface area contributed by atoms with Crippen LogP contribution in [0.15, 0.2) is 36.4 Å². The topological polar surface area (TPSA) is 61.4 Å². The fourth-order valence-corrected chi connectivity index (χ4v) is 2.87. The number of halogens is 2. The number of anilines is 3. The average molecular weight is 392 g/mol. The van der Waals surface area contributed by atoms with Crippen LogP contribution in [0.1, 0.15) is 25.8 Å². The fourth-order valence-electron chi connectivity index (χ4n) is 2.69. The number of nitrogens with zero attached hydrogens (tertiary/aromatic N) is 1. The Bertz CT molecular complexity index is 838. The summed E-state index contributed by atoms with van der Waals surface area (Å²) in [5, 5.41) is 5.17. The molecule has 2 aromatic carbocycles. The minimum absolute atomic E-state index is 0.0961. The number of rotatable bonds is 7. The van der Waals surface area contributed by atoms with Crippen molar-refractivity contribution in [2.75, 3.05) is 28.6 Å². The lowest BCUT2D eigenvalue weighted by Crippen LogP contribution is -2.23. The number of nitrogens with one attached hydrogen (secondary N) is 2. The molecular formula is C20H23ClFN3O2. The Morgan fingerprint density at radius 2 is 1.70 bits per heavy atom. The Morgan fingerprint density at radius 1 is 1.04 bits per heavy atom. The van der Waals surface area contributed by atoms with Crippen molar-refractivity contribution in [3.63, 3.8) is 0 Å². The van der Waals surface area contributed by atoms with Gasteiger partial charge < -0.3 is 15.5 Å². The van der Waals surface area contributed by atoms with Crippen LogP contribution in [0.5, 0.6) is 0 Å². The van der Waals surface area contributed by atoms with Crippen molar-refractivity contribution < 1.29 is 14.0 Å². The third kappa shape index (κ3) is 5.69. The zero-order valence-electron chi connectivity index (χ0n) is 15.6. The van der Waals surface area contributed by atoms with Gasteiger partial charge in [0.2, 0.25) is 11.8 Å². The van der Waals surface area contributed by atoms with Crippen molar-refractivity contribution in [3.8, 4) is 0 Å². The highest BCUT2D eigenvalue weighted by Gasteiger charge is 2.13. The summed E-state index contributed by atoms with van der Waals surface area (Å²) in [4.78, 5) is 26.4. The molecule has 5 nitrogen and oxygen atoms in total. The molecule has 2 N–H and O–H groups in total. The maximum Gasteiger partial charge on any atom is 0.233 e. The van der Waals surface area contributed by atoms with Crippen LogP contribution >= 0.6 is 11.6 Å². The minimum Gasteiger partial charge on any atom is -0.372 e. The number of hydrogen-bond acceptors (Lipinski definition) is 3. The molecule has 27 heavy (non-hydrogen) atoms. The number of hydrogen-bond donors (Lipinski definition) is 2. The highest BCUT2D eigenvalue weighted by Crippen LogP contribution is 2.23. The number of benzene rings is 2. The lowest BCUT2D eigenvalue weighted by molar-refractivity contribution is -0.123. The van der Waals surface area contributed by atoms with Gasteiger partial charge in [0.1, 0.15) is 12.2 Å². The summed E-state index contributed by atoms with van der Waals surface area (Å²) in [6.07, 6.45) is -0.355. The summed E-state index contributed by atoms with van der Waals surface area (Å²) in [6.45, 7) is 7.87. The van der Waals surface area contributed by atoms with E-state index < -0.39 is 17.6 Å². The van der Waals surface area contributed by atoms with E-state index in [-0.39, 0.29) is 11.4 Å². The summed E-state index contributed by atoms with van der Waals surface area (Å²) < 4.78 is 13.1. The zero-order chi connectivity index (χ0) is 20.0. The van der Waals surface area contributed by atoms with Crippen LogP contribution in [0.4, 0.5) is 21.5 Å². The van der Waals surface area contributed by atoms with Crippen molar-refractivity contribution in [1.29, 1.82) is 0 Å². The van der Waals surface area contributed by atoms with Crippen LogP contribution in [0.25, 0.3) is 0 Å². The second kappa shape index (κ2) is 9.37. The highest BCUT2D eigenvalue weighted by molar-refractivity contribution is 6.31. The number of aryl methyl sites for hydroxylation is 1. The number of amides is 2. The molecule has 0 spiro atoms. The highest BCUT2D eigenvalue weighted by atomic mass is 35.5. The molecular weight excluding hydrogens is 369 g/mol. The van der Waals surface area contributed by atoms with Crippen LogP contribution < -0.4 is 15.5 Å². The van der Waals surface area contributed by atoms with Crippen molar-refractivity contribution in [1.82, 2.24) is 0 Å². The molecule has 0 atom stereocenters. The largest absolute Gasteiger partial charge is 0.372 e. The van der Waals surface area contributed by atoms with Crippen LogP contribution in [-0.2, 0) is 9.59 Å². The Labute approximate surface area is 163 Å². The van der Waals surface area contributed by atoms with E-state index in [1.165, 1.54) is 12.1 Å². The first-order chi connectivity index (χ1) is 12.8. The first kappa shape index (κ1) is 20.7. The first-order valence-electron chi connectivity index (χ1n) is 8.74. The average Bonchev–Trinajstić information content (AvgIpc) is 2.61. The van der Waals surface area contributed by atoms with Gasteiger partial charge in [0.25, 0.3) is 0 Å². The molecule has 0 bridgehead atoms. The SMILES string of the molecule is CCN(CC)c1ccc(NC(=O)CC(=O)Nc2ccc(F)c(Cl)c2)c(C)c1. The number of carbonyl (C=O) groups excluding carboxylic acids is 2. The van der Waals surface area contributed by atoms with Crippen molar-refractivity contribution in [3.05, 3.63) is 52.8 Å². The molecule has 0 saturated carbocycles. The molecule has 0 saturated heterocycles. The van der Waals surface area contributed by atoms with E-state index in [4.69, 9.17) is 11.6 Å². The molecule has 0 heterocycles. The van der Waals surface area contributed by atoms with E-state index in [1.54, 1.807) is 0 Å². The summed E-state index contributed by atoms with van der Waals surface area (Å²) in [6, 6.07) is 9.60. The Balaban J connectivity index is 1.96. The predicted octanol–water partition coefficient (Wildman–Crippen LogP) is 4.60. The van der Waals surface area contributed by atoms with Crippen LogP contribution in [0.2, 0.25) is 5.02 Å². The molecule has 0 fully saturated rings. The predicted molar refractivity (Wildman–Crippen MR) is 108 cm³/mol. The zero-order valence-corrected chi connectivity index (χ0v) is 16.4. The maximum atomic E-state index is 13.1. The van der Waals surface area contributed by atoms with Gasteiger partial charge in [0, 0.05) is 30.2 Å². The van der Waals surface area contributed by atoms with Gasteiger partial charge in [-0.05, 0) is 62.7 Å². The summed E-state index contributed by atoms with van der Waals surface area (Å²) >= 11 is 5.67. The molecule has 2 amide bonds. The van der Waals surface area contributed by atoms with Crippen LogP contribution in [0.3, 0.4) is 0 Å². The monoisotopic (exact) mass is 391 g/mol. The molecule has 0 aliphatic heterocycles. The third-order valence-electron chi connectivity index (χ3n) is 4.14. The lowest BCUT2D eigenvalue weighted by atomic mass is 10.1. The normalized spacial score (nSPS) is 10.4. The first-order valence-corrected chi connectivity index (χ1v) is 9.12. The van der Waals surface area contributed by atoms with Gasteiger partial charge in [-0.2, -0.15) is 0 Å². The minimum atomic E-state index is -0.573. The van der Waals surface area contributed by atoms with Gasteiger partial charge in [-0.1, -0.05) is 11.6 Å². The summed E-state index contributed by atoms with van der Waals surface area (Å²) in [5.74, 6) is -1.51. The van der Waals surface area contributed by atoms with E-state index in [2.05, 4.69) is 29.4 Å². The van der Waals surface area contributed by atoms with Gasteiger partial charge in [0.15, 0.2) is 0 Å². The van der Waals surface area contributed by atoms with Gasteiger partial charge in [0.05, 0.1) is 5.02 Å². The maximum absolute atomic E-state index is 13.1. The number of carbonyl (C=O) groups is 2. The van der Waals surface area contributed by atoms with Gasteiger partial charge in [-0.3, -0.25) is 9.59 Å². The molecule has 0 radical (unpaired) electrons. The molecule has 0 aromatic heterocycles. The molecule has 0 unspecified atom stereocenters. The standard InChI is InChI=1S/C20H23ClFN3O2/c1-4-25(5-2)15-7-9-18(13(3)10-15)24-20(27)12-19(26)23-14-6-8-17(22)16(21)11-14/h6-11H,4-5,12H2,1-3H3,(H,23,26)(H,24,27). The third-order valence-corrected chi connectivity index (χ3v) is 4.43. The molecule has 144 valence electrons. The second-order valence-corrected chi connectivity index (χ2v) is 6.48. The Morgan fingerprint density at radius 3 is 2.30 bits per heavy atom. The van der Waals surface area contributed by atoms with Gasteiger partial charge >= 0.3 is 0 Å². The second-order valence-electron chi connectivity index (χ2n) is 6.07. The van der Waals surface area contributed by atoms with Gasteiger partial charge in [-0.15, -0.1) is 0 Å². The van der Waals surface area contributed by atoms with E-state index in [0.29, 0.717) is 11.4 Å². The molecule has 0 aliphatic rings. The Kier molecular flexibility index (Phi) is 7.19. The van der Waals surface area contributed by atoms with Crippen molar-refractivity contribution in [2.24, 2.45) is 0 Å². The van der Waals surface area contributed by atoms with Crippen LogP contribution in [-0.4, -0.2) is 24.9 Å². The molecule has 7 heteroatoms. The van der Waals surface area contributed by atoms with Crippen LogP contribution in [0, 0.1) is 12.7 Å². The summed E-state index contributed by atoms with van der Waals surface area (Å²) in [5.41, 5.74) is 2.99. The van der Waals surface area contributed by atoms with E-state index in [9.17, 15) is 14.0 Å². The Hall–Kier alpha value is -2.60. The van der Waals surface area contributed by atoms with Crippen molar-refractivity contribution in [2.45, 2.75) is 27.2 Å². The smallest absolute Gasteiger partial charge is 0.233 e. The van der Waals surface area contributed by atoms with Gasteiger partial charge in [-0.25, -0.2) is 4.39 Å². The lowest BCUT2D eigenvalue weighted by Gasteiger charge is -2.22.